The summed E-state index contributed by atoms with van der Waals surface area (Å²) >= 11 is 0. The van der Waals surface area contributed by atoms with Crippen LogP contribution < -0.4 is 4.90 Å². The summed E-state index contributed by atoms with van der Waals surface area (Å²) in [6, 6.07) is 1.79. The van der Waals surface area contributed by atoms with E-state index in [-0.39, 0.29) is 17.6 Å². The van der Waals surface area contributed by atoms with Gasteiger partial charge >= 0.3 is 5.69 Å². The Kier molecular flexibility index (Phi) is 5.02. The first-order chi connectivity index (χ1) is 18.2. The zero-order valence-electron chi connectivity index (χ0n) is 22.2. The molecular weight excluding hydrogens is 454 g/mol. The van der Waals surface area contributed by atoms with Gasteiger partial charge in [-0.1, -0.05) is 0 Å². The smallest absolute Gasteiger partial charge is 0.316 e. The number of aromatic nitrogens is 5. The van der Waals surface area contributed by atoms with Crippen molar-refractivity contribution in [2.24, 2.45) is 5.92 Å². The van der Waals surface area contributed by atoms with Crippen LogP contribution in [0, 0.1) is 16.0 Å². The quantitative estimate of drug-likeness (QED) is 0.366. The number of hydrogen-bond donors (Lipinski definition) is 0. The van der Waals surface area contributed by atoms with Gasteiger partial charge in [0.15, 0.2) is 11.5 Å². The van der Waals surface area contributed by atoms with Crippen LogP contribution in [-0.4, -0.2) is 75.5 Å². The molecule has 0 aromatic carbocycles. The van der Waals surface area contributed by atoms with Gasteiger partial charge in [-0.25, -0.2) is 4.68 Å². The fourth-order valence-corrected chi connectivity index (χ4v) is 4.99. The first kappa shape index (κ1) is 19.1. The molecule has 0 saturated carbocycles. The molecule has 3 aromatic heterocycles. The zero-order valence-corrected chi connectivity index (χ0v) is 19.2. The van der Waals surface area contributed by atoms with Gasteiger partial charge in [0.05, 0.1) is 38.3 Å². The topological polar surface area (TPSA) is 123 Å². The predicted molar refractivity (Wildman–Crippen MR) is 126 cm³/mol. The first-order valence-electron chi connectivity index (χ1n) is 13.5. The molecule has 3 fully saturated rings. The molecule has 0 amide bonds. The lowest BCUT2D eigenvalue weighted by Crippen LogP contribution is -2.52. The number of nitro groups is 1. The van der Waals surface area contributed by atoms with E-state index in [1.165, 1.54) is 10.9 Å². The Labute approximate surface area is 206 Å². The van der Waals surface area contributed by atoms with Gasteiger partial charge in [-0.2, -0.15) is 10.2 Å². The molecule has 3 aromatic rings. The van der Waals surface area contributed by atoms with E-state index in [0.717, 1.165) is 36.6 Å². The van der Waals surface area contributed by atoms with Crippen LogP contribution in [0.1, 0.15) is 36.0 Å². The lowest BCUT2D eigenvalue weighted by atomic mass is 10.1. The number of methoxy groups -OCH3 is 1. The Balaban J connectivity index is 1.35. The fraction of sp³-hybridized carbons (Fsp3) is 0.609. The van der Waals surface area contributed by atoms with Crippen LogP contribution in [0.5, 0.6) is 0 Å². The van der Waals surface area contributed by atoms with E-state index in [2.05, 4.69) is 10.1 Å². The molecule has 186 valence electrons. The van der Waals surface area contributed by atoms with Crippen LogP contribution >= 0.6 is 0 Å². The average Bonchev–Trinajstić information content (AvgIpc) is 3.61. The maximum atomic E-state index is 11.9. The molecule has 12 heteroatoms. The second-order valence-electron chi connectivity index (χ2n) is 9.39. The van der Waals surface area contributed by atoms with Gasteiger partial charge in [-0.3, -0.25) is 19.8 Å². The van der Waals surface area contributed by atoms with Crippen molar-refractivity contribution >= 4 is 22.4 Å². The minimum Gasteiger partial charge on any atom is -0.381 e. The van der Waals surface area contributed by atoms with Crippen molar-refractivity contribution in [1.82, 2.24) is 24.5 Å². The van der Waals surface area contributed by atoms with Crippen molar-refractivity contribution in [1.29, 1.82) is 0 Å². The van der Waals surface area contributed by atoms with Crippen molar-refractivity contribution in [3.63, 3.8) is 0 Å². The highest BCUT2D eigenvalue weighted by molar-refractivity contribution is 5.92. The third-order valence-electron chi connectivity index (χ3n) is 6.99. The van der Waals surface area contributed by atoms with Crippen molar-refractivity contribution in [3.8, 4) is 11.4 Å². The van der Waals surface area contributed by atoms with Gasteiger partial charge in [-0.15, -0.1) is 0 Å². The Bertz CT molecular complexity index is 1320. The SMILES string of the molecule is [2H]C([2H])([2H])OC1CN(c2nn(CC3CCOC3)c3cc(-c4nn(C5CCCCO5)cc4[N+](=O)[O-])ncc23)C1. The molecule has 0 bridgehead atoms. The van der Waals surface area contributed by atoms with E-state index in [9.17, 15) is 10.1 Å². The van der Waals surface area contributed by atoms with E-state index in [1.54, 1.807) is 12.3 Å². The zero-order chi connectivity index (χ0) is 26.4. The monoisotopic (exact) mass is 486 g/mol. The van der Waals surface area contributed by atoms with Crippen LogP contribution in [0.2, 0.25) is 0 Å². The number of hydrogen-bond acceptors (Lipinski definition) is 9. The van der Waals surface area contributed by atoms with Crippen LogP contribution in [0.3, 0.4) is 0 Å². The van der Waals surface area contributed by atoms with Gasteiger partial charge in [0.2, 0.25) is 0 Å². The number of fused-ring (bicyclic) bond motifs is 1. The summed E-state index contributed by atoms with van der Waals surface area (Å²) in [5.74, 6) is 0.974. The molecule has 12 nitrogen and oxygen atoms in total. The van der Waals surface area contributed by atoms with Crippen LogP contribution in [-0.2, 0) is 20.8 Å². The Morgan fingerprint density at radius 3 is 2.94 bits per heavy atom. The molecule has 3 aliphatic rings. The predicted octanol–water partition coefficient (Wildman–Crippen LogP) is 2.77. The fourth-order valence-electron chi connectivity index (χ4n) is 4.99. The minimum absolute atomic E-state index is 0.131. The highest BCUT2D eigenvalue weighted by atomic mass is 16.6. The molecule has 35 heavy (non-hydrogen) atoms. The lowest BCUT2D eigenvalue weighted by molar-refractivity contribution is -0.384. The summed E-state index contributed by atoms with van der Waals surface area (Å²) in [4.78, 5) is 18.0. The summed E-state index contributed by atoms with van der Waals surface area (Å²) in [6.07, 6.45) is 5.93. The third-order valence-corrected chi connectivity index (χ3v) is 6.99. The summed E-state index contributed by atoms with van der Waals surface area (Å²) < 4.78 is 41.9. The van der Waals surface area contributed by atoms with Gasteiger partial charge in [0, 0.05) is 52.0 Å². The number of rotatable bonds is 7. The molecule has 3 saturated heterocycles. The summed E-state index contributed by atoms with van der Waals surface area (Å²) in [5, 5.41) is 22.1. The molecule has 0 aliphatic carbocycles. The van der Waals surface area contributed by atoms with Crippen molar-refractivity contribution in [2.75, 3.05) is 44.8 Å². The summed E-state index contributed by atoms with van der Waals surface area (Å²) in [7, 11) is -2.45. The van der Waals surface area contributed by atoms with Gasteiger partial charge in [0.1, 0.15) is 12.4 Å². The van der Waals surface area contributed by atoms with Crippen LogP contribution in [0.25, 0.3) is 22.3 Å². The first-order valence-corrected chi connectivity index (χ1v) is 12.0. The number of ether oxygens (including phenoxy) is 3. The number of pyridine rings is 1. The Morgan fingerprint density at radius 1 is 1.29 bits per heavy atom. The number of nitrogens with zero attached hydrogens (tertiary/aromatic N) is 7. The van der Waals surface area contributed by atoms with Crippen LogP contribution in [0.15, 0.2) is 18.5 Å². The molecule has 6 rings (SSSR count). The van der Waals surface area contributed by atoms with Crippen molar-refractivity contribution in [2.45, 2.75) is 44.6 Å². The molecular formula is C23H29N7O5. The van der Waals surface area contributed by atoms with Gasteiger partial charge in [0.25, 0.3) is 0 Å². The van der Waals surface area contributed by atoms with E-state index >= 15 is 0 Å². The number of anilines is 1. The molecule has 2 atom stereocenters. The molecule has 0 spiro atoms. The molecule has 6 heterocycles. The largest absolute Gasteiger partial charge is 0.381 e. The molecule has 0 radical (unpaired) electrons. The van der Waals surface area contributed by atoms with E-state index < -0.39 is 18.1 Å². The van der Waals surface area contributed by atoms with Gasteiger partial charge in [-0.05, 0) is 31.7 Å². The highest BCUT2D eigenvalue weighted by Crippen LogP contribution is 2.35. The van der Waals surface area contributed by atoms with E-state index in [4.69, 9.17) is 23.4 Å². The van der Waals surface area contributed by atoms with Crippen molar-refractivity contribution in [3.05, 3.63) is 28.6 Å². The minimum atomic E-state index is -2.45. The Hall–Kier alpha value is -3.09. The molecule has 2 unspecified atom stereocenters. The second kappa shape index (κ2) is 9.17. The lowest BCUT2D eigenvalue weighted by Gasteiger charge is -2.38. The maximum absolute atomic E-state index is 11.9. The second-order valence-corrected chi connectivity index (χ2v) is 9.39. The van der Waals surface area contributed by atoms with E-state index in [1.807, 2.05) is 9.58 Å². The standard InChI is InChI=1S/C23H29N7O5/c1-33-16-11-27(12-16)23-17-9-24-18(8-19(17)28(26-23)10-15-5-7-34-14-15)22-20(30(31)32)13-29(25-22)21-4-2-3-6-35-21/h8-9,13,15-16,21H,2-7,10-12,14H2,1H3/i1D3. The molecule has 3 aliphatic heterocycles. The summed E-state index contributed by atoms with van der Waals surface area (Å²) in [5.41, 5.74) is 1.20. The van der Waals surface area contributed by atoms with Gasteiger partial charge < -0.3 is 19.1 Å². The van der Waals surface area contributed by atoms with Crippen LogP contribution in [0.4, 0.5) is 11.5 Å². The molecule has 0 N–H and O–H groups in total. The highest BCUT2D eigenvalue weighted by Gasteiger charge is 2.32. The average molecular weight is 487 g/mol. The normalized spacial score (nSPS) is 24.8. The summed E-state index contributed by atoms with van der Waals surface area (Å²) in [6.45, 7) is 3.36. The van der Waals surface area contributed by atoms with E-state index in [0.29, 0.717) is 56.9 Å². The maximum Gasteiger partial charge on any atom is 0.316 e. The van der Waals surface area contributed by atoms with Crippen molar-refractivity contribution < 1.29 is 23.2 Å². The Morgan fingerprint density at radius 2 is 2.20 bits per heavy atom. The third kappa shape index (κ3) is 4.15.